The molecule has 7 heteroatoms. The minimum atomic E-state index is -0.0575. The lowest BCUT2D eigenvalue weighted by Gasteiger charge is -2.07. The first-order valence-electron chi connectivity index (χ1n) is 10.2. The molecule has 0 saturated carbocycles. The van der Waals surface area contributed by atoms with Gasteiger partial charge in [0, 0.05) is 29.6 Å². The Morgan fingerprint density at radius 1 is 1.10 bits per heavy atom. The highest BCUT2D eigenvalue weighted by atomic mass is 32.1. The quantitative estimate of drug-likeness (QED) is 0.352. The van der Waals surface area contributed by atoms with Gasteiger partial charge in [0.25, 0.3) is 5.91 Å². The van der Waals surface area contributed by atoms with Crippen LogP contribution in [0, 0.1) is 0 Å². The number of amides is 1. The van der Waals surface area contributed by atoms with Crippen LogP contribution < -0.4 is 15.4 Å². The van der Waals surface area contributed by atoms with E-state index in [2.05, 4.69) is 33.6 Å². The molecular weight excluding hydrogens is 408 g/mol. The number of unbranched alkanes of at least 4 members (excludes halogenated alkanes) is 1. The van der Waals surface area contributed by atoms with Gasteiger partial charge in [-0.05, 0) is 48.4 Å². The summed E-state index contributed by atoms with van der Waals surface area (Å²) >= 11 is 1.57. The molecule has 0 bridgehead atoms. The van der Waals surface area contributed by atoms with Crippen molar-refractivity contribution in [1.29, 1.82) is 0 Å². The van der Waals surface area contributed by atoms with E-state index in [-0.39, 0.29) is 5.91 Å². The number of fused-ring (bicyclic) bond motifs is 1. The summed E-state index contributed by atoms with van der Waals surface area (Å²) in [4.78, 5) is 21.2. The van der Waals surface area contributed by atoms with E-state index in [1.807, 2.05) is 48.7 Å². The second-order valence-corrected chi connectivity index (χ2v) is 8.16. The number of thiazole rings is 1. The fourth-order valence-corrected chi connectivity index (χ4v) is 4.11. The van der Waals surface area contributed by atoms with Crippen LogP contribution in [0.1, 0.15) is 30.1 Å². The van der Waals surface area contributed by atoms with Gasteiger partial charge >= 0.3 is 0 Å². The summed E-state index contributed by atoms with van der Waals surface area (Å²) in [6.07, 6.45) is 5.54. The topological polar surface area (TPSA) is 76.1 Å². The summed E-state index contributed by atoms with van der Waals surface area (Å²) in [5, 5.41) is 7.05. The molecule has 0 radical (unpaired) electrons. The van der Waals surface area contributed by atoms with Crippen molar-refractivity contribution >= 4 is 38.3 Å². The molecule has 4 rings (SSSR count). The number of hydrogen-bond donors (Lipinski definition) is 2. The Bertz CT molecular complexity index is 1210. The summed E-state index contributed by atoms with van der Waals surface area (Å²) in [7, 11) is 1.63. The molecule has 2 heterocycles. The highest BCUT2D eigenvalue weighted by molar-refractivity contribution is 7.22. The third-order valence-corrected chi connectivity index (χ3v) is 5.80. The van der Waals surface area contributed by atoms with Gasteiger partial charge in [0.2, 0.25) is 0 Å². The number of pyridine rings is 1. The molecule has 2 aromatic heterocycles. The molecule has 0 aliphatic carbocycles. The molecule has 0 atom stereocenters. The summed E-state index contributed by atoms with van der Waals surface area (Å²) in [6, 6.07) is 15.6. The van der Waals surface area contributed by atoms with Gasteiger partial charge in [-0.2, -0.15) is 0 Å². The average Bonchev–Trinajstić information content (AvgIpc) is 3.20. The third kappa shape index (κ3) is 5.00. The van der Waals surface area contributed by atoms with E-state index < -0.39 is 0 Å². The number of benzene rings is 2. The van der Waals surface area contributed by atoms with Crippen molar-refractivity contribution in [2.75, 3.05) is 19.0 Å². The van der Waals surface area contributed by atoms with Crippen LogP contribution in [0.4, 0.5) is 10.8 Å². The Labute approximate surface area is 185 Å². The first kappa shape index (κ1) is 20.8. The van der Waals surface area contributed by atoms with Gasteiger partial charge in [-0.1, -0.05) is 36.8 Å². The number of nitrogens with zero attached hydrogens (tertiary/aromatic N) is 2. The van der Waals surface area contributed by atoms with Crippen LogP contribution in [0.5, 0.6) is 5.75 Å². The lowest BCUT2D eigenvalue weighted by atomic mass is 10.1. The van der Waals surface area contributed by atoms with Crippen molar-refractivity contribution in [1.82, 2.24) is 15.3 Å². The van der Waals surface area contributed by atoms with Crippen molar-refractivity contribution in [2.45, 2.75) is 19.8 Å². The fraction of sp³-hybridized carbons (Fsp3) is 0.208. The Kier molecular flexibility index (Phi) is 6.43. The van der Waals surface area contributed by atoms with Gasteiger partial charge in [0.05, 0.1) is 23.5 Å². The minimum Gasteiger partial charge on any atom is -0.495 e. The number of carbonyl (C=O) groups excluding carboxylic acids is 1. The molecule has 2 aromatic carbocycles. The van der Waals surface area contributed by atoms with Gasteiger partial charge in [-0.15, -0.1) is 0 Å². The number of aromatic nitrogens is 2. The number of ether oxygens (including phenoxy) is 1. The number of methoxy groups -OCH3 is 1. The molecule has 2 N–H and O–H groups in total. The Hall–Kier alpha value is -3.45. The smallest absolute Gasteiger partial charge is 0.251 e. The van der Waals surface area contributed by atoms with Crippen molar-refractivity contribution in [3.63, 3.8) is 0 Å². The molecule has 0 aliphatic rings. The Balaban J connectivity index is 1.53. The highest BCUT2D eigenvalue weighted by Gasteiger charge is 2.09. The van der Waals surface area contributed by atoms with E-state index >= 15 is 0 Å². The average molecular weight is 433 g/mol. The summed E-state index contributed by atoms with van der Waals surface area (Å²) in [6.45, 7) is 2.79. The molecule has 1 amide bonds. The van der Waals surface area contributed by atoms with E-state index in [0.717, 1.165) is 50.8 Å². The van der Waals surface area contributed by atoms with E-state index in [1.165, 1.54) is 0 Å². The first-order chi connectivity index (χ1) is 15.2. The molecule has 0 spiro atoms. The van der Waals surface area contributed by atoms with E-state index in [0.29, 0.717) is 12.1 Å². The molecule has 4 aromatic rings. The van der Waals surface area contributed by atoms with E-state index in [9.17, 15) is 4.79 Å². The Morgan fingerprint density at radius 2 is 2.00 bits per heavy atom. The highest BCUT2D eigenvalue weighted by Crippen LogP contribution is 2.32. The molecule has 31 heavy (non-hydrogen) atoms. The molecule has 0 saturated heterocycles. The maximum atomic E-state index is 12.3. The Morgan fingerprint density at radius 3 is 2.84 bits per heavy atom. The van der Waals surface area contributed by atoms with Crippen LogP contribution in [0.15, 0.2) is 60.9 Å². The fourth-order valence-electron chi connectivity index (χ4n) is 3.19. The maximum absolute atomic E-state index is 12.3. The molecule has 6 nitrogen and oxygen atoms in total. The third-order valence-electron chi connectivity index (χ3n) is 4.86. The second-order valence-electron chi connectivity index (χ2n) is 7.13. The van der Waals surface area contributed by atoms with Gasteiger partial charge < -0.3 is 15.4 Å². The van der Waals surface area contributed by atoms with Crippen LogP contribution >= 0.6 is 11.3 Å². The van der Waals surface area contributed by atoms with Crippen molar-refractivity contribution < 1.29 is 9.53 Å². The predicted molar refractivity (Wildman–Crippen MR) is 126 cm³/mol. The molecule has 0 unspecified atom stereocenters. The monoisotopic (exact) mass is 432 g/mol. The van der Waals surface area contributed by atoms with Gasteiger partial charge in [0.15, 0.2) is 5.13 Å². The zero-order chi connectivity index (χ0) is 21.6. The van der Waals surface area contributed by atoms with E-state index in [1.54, 1.807) is 24.6 Å². The van der Waals surface area contributed by atoms with Crippen LogP contribution in [0.3, 0.4) is 0 Å². The zero-order valence-corrected chi connectivity index (χ0v) is 18.3. The molecular formula is C24H24N4O2S. The number of anilines is 2. The largest absolute Gasteiger partial charge is 0.495 e. The molecule has 0 fully saturated rings. The second kappa shape index (κ2) is 9.57. The standard InChI is InChI=1S/C24H24N4O2S/c1-3-4-10-26-23(29)17-6-5-7-19(11-17)27-24-28-21-9-8-16(13-22(21)31-24)18-12-20(30-2)15-25-14-18/h5-9,11-15H,3-4,10H2,1-2H3,(H,26,29)(H,27,28). The normalized spacial score (nSPS) is 10.8. The van der Waals surface area contributed by atoms with Gasteiger partial charge in [0.1, 0.15) is 5.75 Å². The van der Waals surface area contributed by atoms with Crippen molar-refractivity contribution in [2.24, 2.45) is 0 Å². The van der Waals surface area contributed by atoms with Crippen LogP contribution in [-0.2, 0) is 0 Å². The van der Waals surface area contributed by atoms with Crippen LogP contribution in [0.25, 0.3) is 21.3 Å². The number of carbonyl (C=O) groups is 1. The van der Waals surface area contributed by atoms with E-state index in [4.69, 9.17) is 4.74 Å². The number of hydrogen-bond acceptors (Lipinski definition) is 6. The maximum Gasteiger partial charge on any atom is 0.251 e. The van der Waals surface area contributed by atoms with Gasteiger partial charge in [-0.3, -0.25) is 9.78 Å². The summed E-state index contributed by atoms with van der Waals surface area (Å²) in [5.41, 5.74) is 4.43. The van der Waals surface area contributed by atoms with Crippen molar-refractivity contribution in [3.05, 3.63) is 66.5 Å². The lowest BCUT2D eigenvalue weighted by Crippen LogP contribution is -2.24. The lowest BCUT2D eigenvalue weighted by molar-refractivity contribution is 0.0953. The summed E-state index contributed by atoms with van der Waals surface area (Å²) < 4.78 is 6.34. The molecule has 158 valence electrons. The number of rotatable bonds is 8. The first-order valence-corrected chi connectivity index (χ1v) is 11.0. The predicted octanol–water partition coefficient (Wildman–Crippen LogP) is 5.64. The van der Waals surface area contributed by atoms with Crippen LogP contribution in [0.2, 0.25) is 0 Å². The van der Waals surface area contributed by atoms with Gasteiger partial charge in [-0.25, -0.2) is 4.98 Å². The summed E-state index contributed by atoms with van der Waals surface area (Å²) in [5.74, 6) is 0.667. The SMILES string of the molecule is CCCCNC(=O)c1cccc(Nc2nc3ccc(-c4cncc(OC)c4)cc3s2)c1. The van der Waals surface area contributed by atoms with Crippen molar-refractivity contribution in [3.8, 4) is 16.9 Å². The zero-order valence-electron chi connectivity index (χ0n) is 17.5. The number of nitrogens with one attached hydrogen (secondary N) is 2. The molecule has 0 aliphatic heterocycles. The van der Waals surface area contributed by atoms with Crippen LogP contribution in [-0.4, -0.2) is 29.5 Å². The minimum absolute atomic E-state index is 0.0575.